The number of rotatable bonds is 7. The molecule has 1 N–H and O–H groups in total. The second-order valence-electron chi connectivity index (χ2n) is 5.75. The summed E-state index contributed by atoms with van der Waals surface area (Å²) in [4.78, 5) is 2.45. The second-order valence-corrected chi connectivity index (χ2v) is 5.75. The van der Waals surface area contributed by atoms with Crippen molar-refractivity contribution in [3.8, 4) is 5.75 Å². The third kappa shape index (κ3) is 5.30. The Kier molecular flexibility index (Phi) is 6.49. The first-order valence-corrected chi connectivity index (χ1v) is 7.91. The lowest BCUT2D eigenvalue weighted by Crippen LogP contribution is -2.47. The van der Waals surface area contributed by atoms with Gasteiger partial charge in [0.15, 0.2) is 0 Å². The van der Waals surface area contributed by atoms with Crippen molar-refractivity contribution in [2.75, 3.05) is 39.9 Å². The zero-order valence-electron chi connectivity index (χ0n) is 13.5. The molecule has 1 saturated heterocycles. The molecule has 0 aromatic heterocycles. The highest BCUT2D eigenvalue weighted by molar-refractivity contribution is 5.27. The van der Waals surface area contributed by atoms with Gasteiger partial charge in [-0.3, -0.25) is 4.90 Å². The van der Waals surface area contributed by atoms with E-state index in [0.717, 1.165) is 45.0 Å². The molecule has 1 aliphatic rings. The zero-order chi connectivity index (χ0) is 15.1. The summed E-state index contributed by atoms with van der Waals surface area (Å²) in [6, 6.07) is 8.75. The van der Waals surface area contributed by atoms with Crippen molar-refractivity contribution in [2.24, 2.45) is 0 Å². The topological polar surface area (TPSA) is 33.7 Å². The summed E-state index contributed by atoms with van der Waals surface area (Å²) in [5.41, 5.74) is 1.33. The van der Waals surface area contributed by atoms with Crippen LogP contribution in [-0.4, -0.2) is 56.9 Å². The van der Waals surface area contributed by atoms with Gasteiger partial charge in [0.2, 0.25) is 0 Å². The number of benzene rings is 1. The minimum absolute atomic E-state index is 0.317. The Morgan fingerprint density at radius 2 is 2.14 bits per heavy atom. The van der Waals surface area contributed by atoms with Crippen LogP contribution in [0.1, 0.15) is 19.4 Å². The third-order valence-electron chi connectivity index (χ3n) is 4.07. The summed E-state index contributed by atoms with van der Waals surface area (Å²) in [6.45, 7) is 9.43. The molecule has 4 heteroatoms. The normalized spacial score (nSPS) is 21.2. The van der Waals surface area contributed by atoms with Crippen molar-refractivity contribution in [1.82, 2.24) is 10.2 Å². The summed E-state index contributed by atoms with van der Waals surface area (Å²) >= 11 is 0. The number of hydrogen-bond acceptors (Lipinski definition) is 4. The molecule has 1 aromatic carbocycles. The van der Waals surface area contributed by atoms with E-state index >= 15 is 0 Å². The number of nitrogens with zero attached hydrogens (tertiary/aromatic N) is 1. The molecule has 1 heterocycles. The maximum Gasteiger partial charge on any atom is 0.118 e. The quantitative estimate of drug-likeness (QED) is 0.833. The minimum atomic E-state index is 0.317. The number of methoxy groups -OCH3 is 1. The van der Waals surface area contributed by atoms with Crippen molar-refractivity contribution >= 4 is 0 Å². The lowest BCUT2D eigenvalue weighted by molar-refractivity contribution is -0.0261. The Labute approximate surface area is 128 Å². The van der Waals surface area contributed by atoms with Crippen molar-refractivity contribution in [3.05, 3.63) is 29.8 Å². The van der Waals surface area contributed by atoms with Gasteiger partial charge in [-0.2, -0.15) is 0 Å². The molecule has 1 fully saturated rings. The molecule has 2 rings (SSSR count). The maximum absolute atomic E-state index is 5.82. The van der Waals surface area contributed by atoms with E-state index in [-0.39, 0.29) is 0 Å². The van der Waals surface area contributed by atoms with Crippen LogP contribution >= 0.6 is 0 Å². The maximum atomic E-state index is 5.82. The minimum Gasteiger partial charge on any atom is -0.497 e. The number of hydrogen-bond donors (Lipinski definition) is 1. The van der Waals surface area contributed by atoms with Crippen LogP contribution in [0.25, 0.3) is 0 Å². The molecular formula is C17H28N2O2. The van der Waals surface area contributed by atoms with Gasteiger partial charge in [0.1, 0.15) is 5.75 Å². The van der Waals surface area contributed by atoms with Crippen LogP contribution in [-0.2, 0) is 11.2 Å². The first kappa shape index (κ1) is 16.3. The van der Waals surface area contributed by atoms with Crippen LogP contribution < -0.4 is 10.1 Å². The van der Waals surface area contributed by atoms with Crippen LogP contribution in [0.5, 0.6) is 5.75 Å². The molecule has 1 aromatic rings. The molecule has 0 spiro atoms. The summed E-state index contributed by atoms with van der Waals surface area (Å²) < 4.78 is 11.0. The highest BCUT2D eigenvalue weighted by atomic mass is 16.5. The van der Waals surface area contributed by atoms with Crippen molar-refractivity contribution < 1.29 is 9.47 Å². The van der Waals surface area contributed by atoms with E-state index in [2.05, 4.69) is 36.2 Å². The van der Waals surface area contributed by atoms with Crippen molar-refractivity contribution in [2.45, 2.75) is 32.4 Å². The number of nitrogens with one attached hydrogen (secondary N) is 1. The zero-order valence-corrected chi connectivity index (χ0v) is 13.5. The Morgan fingerprint density at radius 3 is 2.81 bits per heavy atom. The summed E-state index contributed by atoms with van der Waals surface area (Å²) in [5.74, 6) is 0.912. The smallest absolute Gasteiger partial charge is 0.118 e. The van der Waals surface area contributed by atoms with Gasteiger partial charge in [0.05, 0.1) is 19.8 Å². The first-order chi connectivity index (χ1) is 10.2. The van der Waals surface area contributed by atoms with Crippen LogP contribution in [0.4, 0.5) is 0 Å². The van der Waals surface area contributed by atoms with Gasteiger partial charge < -0.3 is 14.8 Å². The predicted molar refractivity (Wildman–Crippen MR) is 86.0 cm³/mol. The fraction of sp³-hybridized carbons (Fsp3) is 0.647. The van der Waals surface area contributed by atoms with E-state index in [1.165, 1.54) is 5.56 Å². The molecule has 2 unspecified atom stereocenters. The molecule has 0 aliphatic carbocycles. The molecule has 0 bridgehead atoms. The molecule has 118 valence electrons. The average Bonchev–Trinajstić information content (AvgIpc) is 2.54. The number of ether oxygens (including phenoxy) is 2. The molecule has 0 saturated carbocycles. The summed E-state index contributed by atoms with van der Waals surface area (Å²) in [5, 5.41) is 3.59. The molecule has 2 atom stereocenters. The Hall–Kier alpha value is -1.10. The Balaban J connectivity index is 1.72. The lowest BCUT2D eigenvalue weighted by Gasteiger charge is -2.32. The molecule has 0 amide bonds. The number of likely N-dealkylation sites (N-methyl/N-ethyl adjacent to an activating group) is 1. The summed E-state index contributed by atoms with van der Waals surface area (Å²) in [6.07, 6.45) is 1.34. The molecule has 0 radical (unpaired) electrons. The van der Waals surface area contributed by atoms with Gasteiger partial charge >= 0.3 is 0 Å². The van der Waals surface area contributed by atoms with E-state index < -0.39 is 0 Å². The van der Waals surface area contributed by atoms with Gasteiger partial charge in [0, 0.05) is 25.7 Å². The van der Waals surface area contributed by atoms with Crippen molar-refractivity contribution in [1.29, 1.82) is 0 Å². The fourth-order valence-corrected chi connectivity index (χ4v) is 2.71. The molecular weight excluding hydrogens is 264 g/mol. The highest BCUT2D eigenvalue weighted by Gasteiger charge is 2.19. The van der Waals surface area contributed by atoms with Gasteiger partial charge in [-0.15, -0.1) is 0 Å². The third-order valence-corrected chi connectivity index (χ3v) is 4.07. The van der Waals surface area contributed by atoms with Crippen LogP contribution in [0.3, 0.4) is 0 Å². The van der Waals surface area contributed by atoms with E-state index in [0.29, 0.717) is 12.1 Å². The van der Waals surface area contributed by atoms with Gasteiger partial charge in [0.25, 0.3) is 0 Å². The van der Waals surface area contributed by atoms with Gasteiger partial charge in [-0.05, 0) is 37.6 Å². The van der Waals surface area contributed by atoms with Crippen LogP contribution in [0.2, 0.25) is 0 Å². The van der Waals surface area contributed by atoms with Crippen LogP contribution in [0, 0.1) is 0 Å². The largest absolute Gasteiger partial charge is 0.497 e. The lowest BCUT2D eigenvalue weighted by atomic mass is 10.1. The van der Waals surface area contributed by atoms with Gasteiger partial charge in [-0.1, -0.05) is 19.1 Å². The Morgan fingerprint density at radius 1 is 1.38 bits per heavy atom. The SMILES string of the molecule is CCN1CCOC(CNC(C)Cc2ccc(OC)cc2)C1. The predicted octanol–water partition coefficient (Wildman–Crippen LogP) is 1.94. The van der Waals surface area contributed by atoms with Crippen molar-refractivity contribution in [3.63, 3.8) is 0 Å². The highest BCUT2D eigenvalue weighted by Crippen LogP contribution is 2.12. The average molecular weight is 292 g/mol. The van der Waals surface area contributed by atoms with E-state index in [1.807, 2.05) is 12.1 Å². The summed E-state index contributed by atoms with van der Waals surface area (Å²) in [7, 11) is 1.70. The second kappa shape index (κ2) is 8.37. The van der Waals surface area contributed by atoms with Gasteiger partial charge in [-0.25, -0.2) is 0 Å². The Bertz CT molecular complexity index is 408. The van der Waals surface area contributed by atoms with Crippen LogP contribution in [0.15, 0.2) is 24.3 Å². The fourth-order valence-electron chi connectivity index (χ4n) is 2.71. The van der Waals surface area contributed by atoms with E-state index in [9.17, 15) is 0 Å². The first-order valence-electron chi connectivity index (χ1n) is 7.91. The molecule has 4 nitrogen and oxygen atoms in total. The monoisotopic (exact) mass is 292 g/mol. The standard InChI is InChI=1S/C17H28N2O2/c1-4-19-9-10-21-17(13-19)12-18-14(2)11-15-5-7-16(20-3)8-6-15/h5-8,14,17-18H,4,9-13H2,1-3H3. The van der Waals surface area contributed by atoms with E-state index in [4.69, 9.17) is 9.47 Å². The molecule has 21 heavy (non-hydrogen) atoms. The number of morpholine rings is 1. The van der Waals surface area contributed by atoms with E-state index in [1.54, 1.807) is 7.11 Å². The molecule has 1 aliphatic heterocycles.